The molecule has 0 spiro atoms. The fourth-order valence-electron chi connectivity index (χ4n) is 4.31. The Bertz CT molecular complexity index is 1080. The Kier molecular flexibility index (Phi) is 9.50. The lowest BCUT2D eigenvalue weighted by Gasteiger charge is -2.36. The molecule has 1 aliphatic rings. The van der Waals surface area contributed by atoms with Crippen molar-refractivity contribution in [3.05, 3.63) is 101 Å². The molecule has 36 heavy (non-hydrogen) atoms. The molecule has 0 N–H and O–H groups in total. The van der Waals surface area contributed by atoms with Crippen LogP contribution < -0.4 is 4.74 Å². The highest BCUT2D eigenvalue weighted by molar-refractivity contribution is 5.77. The smallest absolute Gasteiger partial charge is 0.248 e. The number of nitrogens with zero attached hydrogens (tertiary/aromatic N) is 2. The number of aryl methyl sites for hydroxylation is 1. The molecule has 1 unspecified atom stereocenters. The molecular formula is C30H36N2O4. The van der Waals surface area contributed by atoms with Gasteiger partial charge in [0, 0.05) is 32.7 Å². The zero-order valence-electron chi connectivity index (χ0n) is 21.3. The number of hydrogen-bond donors (Lipinski definition) is 0. The number of carbonyl (C=O) groups is 1. The van der Waals surface area contributed by atoms with Crippen molar-refractivity contribution in [2.45, 2.75) is 26.2 Å². The minimum Gasteiger partial charge on any atom is -0.497 e. The number of methoxy groups -OCH3 is 1. The highest BCUT2D eigenvalue weighted by Crippen LogP contribution is 2.25. The van der Waals surface area contributed by atoms with E-state index in [1.165, 1.54) is 5.56 Å². The van der Waals surface area contributed by atoms with Gasteiger partial charge in [0.15, 0.2) is 0 Å². The monoisotopic (exact) mass is 488 g/mol. The standard InChI is InChI=1S/C30H36N2O4/c1-24-11-13-26(14-12-24)22-36-29(27-9-6-10-28(19-27)34-2)20-31-15-17-32(18-16-31)30(33)23-35-21-25-7-4-3-5-8-25/h3-14,19,29H,15-18,20-23H2,1-2H3. The zero-order chi connectivity index (χ0) is 25.2. The molecule has 6 nitrogen and oxygen atoms in total. The number of piperazine rings is 1. The lowest BCUT2D eigenvalue weighted by atomic mass is 10.1. The van der Waals surface area contributed by atoms with Gasteiger partial charge in [0.05, 0.1) is 26.4 Å². The first-order valence-corrected chi connectivity index (χ1v) is 12.5. The highest BCUT2D eigenvalue weighted by atomic mass is 16.5. The molecule has 1 atom stereocenters. The van der Waals surface area contributed by atoms with Crippen molar-refractivity contribution >= 4 is 5.91 Å². The Hall–Kier alpha value is -3.19. The molecule has 3 aromatic rings. The van der Waals surface area contributed by atoms with Crippen LogP contribution in [0.25, 0.3) is 0 Å². The van der Waals surface area contributed by atoms with Crippen LogP contribution in [0.1, 0.15) is 28.4 Å². The maximum absolute atomic E-state index is 12.6. The summed E-state index contributed by atoms with van der Waals surface area (Å²) in [7, 11) is 1.68. The Morgan fingerprint density at radius 2 is 1.58 bits per heavy atom. The number of carbonyl (C=O) groups excluding carboxylic acids is 1. The molecule has 0 aromatic heterocycles. The van der Waals surface area contributed by atoms with Crippen LogP contribution in [0.5, 0.6) is 5.75 Å². The Labute approximate surface area is 214 Å². The van der Waals surface area contributed by atoms with Crippen LogP contribution in [0, 0.1) is 6.92 Å². The van der Waals surface area contributed by atoms with Gasteiger partial charge in [0.1, 0.15) is 12.4 Å². The lowest BCUT2D eigenvalue weighted by Crippen LogP contribution is -2.50. The maximum atomic E-state index is 12.6. The van der Waals surface area contributed by atoms with Crippen molar-refractivity contribution < 1.29 is 19.0 Å². The number of amides is 1. The second-order valence-corrected chi connectivity index (χ2v) is 9.22. The first kappa shape index (κ1) is 25.9. The molecular weight excluding hydrogens is 452 g/mol. The summed E-state index contributed by atoms with van der Waals surface area (Å²) in [5, 5.41) is 0. The van der Waals surface area contributed by atoms with Crippen LogP contribution >= 0.6 is 0 Å². The van der Waals surface area contributed by atoms with Gasteiger partial charge in [-0.1, -0.05) is 72.3 Å². The summed E-state index contributed by atoms with van der Waals surface area (Å²) in [6.45, 7) is 6.94. The van der Waals surface area contributed by atoms with Crippen molar-refractivity contribution in [1.82, 2.24) is 9.80 Å². The summed E-state index contributed by atoms with van der Waals surface area (Å²) in [6, 6.07) is 26.5. The van der Waals surface area contributed by atoms with Crippen LogP contribution in [0.2, 0.25) is 0 Å². The van der Waals surface area contributed by atoms with Gasteiger partial charge in [-0.05, 0) is 35.7 Å². The maximum Gasteiger partial charge on any atom is 0.248 e. The van der Waals surface area contributed by atoms with Crippen LogP contribution in [0.3, 0.4) is 0 Å². The van der Waals surface area contributed by atoms with Gasteiger partial charge < -0.3 is 19.1 Å². The van der Waals surface area contributed by atoms with E-state index in [9.17, 15) is 4.79 Å². The molecule has 0 radical (unpaired) electrons. The van der Waals surface area contributed by atoms with Crippen molar-refractivity contribution in [3.8, 4) is 5.75 Å². The van der Waals surface area contributed by atoms with Gasteiger partial charge >= 0.3 is 0 Å². The second-order valence-electron chi connectivity index (χ2n) is 9.22. The van der Waals surface area contributed by atoms with E-state index < -0.39 is 0 Å². The van der Waals surface area contributed by atoms with Crippen molar-refractivity contribution in [2.75, 3.05) is 46.4 Å². The van der Waals surface area contributed by atoms with Crippen LogP contribution in [0.15, 0.2) is 78.9 Å². The van der Waals surface area contributed by atoms with E-state index in [1.807, 2.05) is 53.4 Å². The van der Waals surface area contributed by atoms with Gasteiger partial charge in [-0.15, -0.1) is 0 Å². The fraction of sp³-hybridized carbons (Fsp3) is 0.367. The summed E-state index contributed by atoms with van der Waals surface area (Å²) >= 11 is 0. The molecule has 1 saturated heterocycles. The third kappa shape index (κ3) is 7.65. The van der Waals surface area contributed by atoms with Crippen molar-refractivity contribution in [3.63, 3.8) is 0 Å². The predicted molar refractivity (Wildman–Crippen MR) is 141 cm³/mol. The molecule has 4 rings (SSSR count). The second kappa shape index (κ2) is 13.2. The zero-order valence-corrected chi connectivity index (χ0v) is 21.3. The van der Waals surface area contributed by atoms with Crippen molar-refractivity contribution in [2.24, 2.45) is 0 Å². The van der Waals surface area contributed by atoms with Crippen LogP contribution in [0.4, 0.5) is 0 Å². The van der Waals surface area contributed by atoms with E-state index in [0.29, 0.717) is 26.3 Å². The van der Waals surface area contributed by atoms with E-state index in [0.717, 1.165) is 42.1 Å². The summed E-state index contributed by atoms with van der Waals surface area (Å²) in [5.74, 6) is 0.868. The number of hydrogen-bond acceptors (Lipinski definition) is 5. The first-order valence-electron chi connectivity index (χ1n) is 12.5. The van der Waals surface area contributed by atoms with Gasteiger partial charge in [-0.2, -0.15) is 0 Å². The first-order chi connectivity index (χ1) is 17.6. The third-order valence-electron chi connectivity index (χ3n) is 6.52. The normalized spacial score (nSPS) is 15.0. The molecule has 1 aliphatic heterocycles. The predicted octanol–water partition coefficient (Wildman–Crippen LogP) is 4.62. The minimum atomic E-state index is -0.0992. The molecule has 0 aliphatic carbocycles. The average Bonchev–Trinajstić information content (AvgIpc) is 2.93. The van der Waals surface area contributed by atoms with E-state index >= 15 is 0 Å². The SMILES string of the molecule is COc1cccc(C(CN2CCN(C(=O)COCc3ccccc3)CC2)OCc2ccc(C)cc2)c1. The van der Waals surface area contributed by atoms with E-state index in [-0.39, 0.29) is 18.6 Å². The summed E-state index contributed by atoms with van der Waals surface area (Å²) < 4.78 is 17.5. The van der Waals surface area contributed by atoms with E-state index in [4.69, 9.17) is 14.2 Å². The molecule has 0 saturated carbocycles. The number of benzene rings is 3. The number of rotatable bonds is 11. The van der Waals surface area contributed by atoms with Crippen LogP contribution in [-0.2, 0) is 27.5 Å². The van der Waals surface area contributed by atoms with E-state index in [1.54, 1.807) is 7.11 Å². The average molecular weight is 489 g/mol. The largest absolute Gasteiger partial charge is 0.497 e. The van der Waals surface area contributed by atoms with Gasteiger partial charge in [-0.3, -0.25) is 9.69 Å². The molecule has 0 bridgehead atoms. The van der Waals surface area contributed by atoms with Crippen LogP contribution in [-0.4, -0.2) is 62.1 Å². The van der Waals surface area contributed by atoms with E-state index in [2.05, 4.69) is 42.2 Å². The molecule has 3 aromatic carbocycles. The Morgan fingerprint density at radius 3 is 2.31 bits per heavy atom. The quantitative estimate of drug-likeness (QED) is 0.394. The summed E-state index contributed by atoms with van der Waals surface area (Å²) in [4.78, 5) is 16.9. The molecule has 1 heterocycles. The third-order valence-corrected chi connectivity index (χ3v) is 6.52. The molecule has 190 valence electrons. The summed E-state index contributed by atoms with van der Waals surface area (Å²) in [5.41, 5.74) is 4.55. The summed E-state index contributed by atoms with van der Waals surface area (Å²) in [6.07, 6.45) is -0.0992. The number of ether oxygens (including phenoxy) is 3. The molecule has 6 heteroatoms. The lowest BCUT2D eigenvalue weighted by molar-refractivity contribution is -0.138. The topological polar surface area (TPSA) is 51.2 Å². The van der Waals surface area contributed by atoms with Gasteiger partial charge in [-0.25, -0.2) is 0 Å². The van der Waals surface area contributed by atoms with Gasteiger partial charge in [0.25, 0.3) is 0 Å². The highest BCUT2D eigenvalue weighted by Gasteiger charge is 2.24. The molecule has 1 fully saturated rings. The Balaban J connectivity index is 1.30. The van der Waals surface area contributed by atoms with Gasteiger partial charge in [0.2, 0.25) is 5.91 Å². The molecule has 1 amide bonds. The fourth-order valence-corrected chi connectivity index (χ4v) is 4.31. The minimum absolute atomic E-state index is 0.0468. The Morgan fingerprint density at radius 1 is 0.861 bits per heavy atom. The van der Waals surface area contributed by atoms with Crippen molar-refractivity contribution in [1.29, 1.82) is 0 Å².